The van der Waals surface area contributed by atoms with E-state index < -0.39 is 6.04 Å². The van der Waals surface area contributed by atoms with Crippen molar-refractivity contribution in [1.82, 2.24) is 5.32 Å². The van der Waals surface area contributed by atoms with Gasteiger partial charge in [0.15, 0.2) is 0 Å². The Hall–Kier alpha value is -0.910. The molecule has 1 unspecified atom stereocenters. The number of methoxy groups -OCH3 is 1. The summed E-state index contributed by atoms with van der Waals surface area (Å²) < 4.78 is 4.92. The lowest BCUT2D eigenvalue weighted by molar-refractivity contribution is -0.122. The molecule has 0 bridgehead atoms. The van der Waals surface area contributed by atoms with Gasteiger partial charge in [-0.1, -0.05) is 0 Å². The van der Waals surface area contributed by atoms with Gasteiger partial charge in [0.25, 0.3) is 0 Å². The van der Waals surface area contributed by atoms with E-state index in [1.165, 1.54) is 5.56 Å². The molecule has 0 aromatic carbocycles. The number of ether oxygens (including phenoxy) is 1. The van der Waals surface area contributed by atoms with Gasteiger partial charge in [-0.15, -0.1) is 0 Å². The predicted molar refractivity (Wildman–Crippen MR) is 70.0 cm³/mol. The van der Waals surface area contributed by atoms with Gasteiger partial charge in [-0.05, 0) is 41.7 Å². The van der Waals surface area contributed by atoms with Crippen molar-refractivity contribution < 1.29 is 9.53 Å². The summed E-state index contributed by atoms with van der Waals surface area (Å²) in [6.07, 6.45) is 1.46. The van der Waals surface area contributed by atoms with Crippen molar-refractivity contribution in [1.29, 1.82) is 0 Å². The van der Waals surface area contributed by atoms with Gasteiger partial charge in [0.1, 0.15) is 0 Å². The third-order valence-corrected chi connectivity index (χ3v) is 3.53. The fraction of sp³-hybridized carbons (Fsp3) is 0.583. The van der Waals surface area contributed by atoms with E-state index in [0.29, 0.717) is 19.6 Å². The predicted octanol–water partition coefficient (Wildman–Crippen LogP) is 1.43. The molecule has 0 saturated heterocycles. The molecule has 0 aliphatic rings. The summed E-state index contributed by atoms with van der Waals surface area (Å²) in [6, 6.07) is -0.441. The molecule has 0 fully saturated rings. The van der Waals surface area contributed by atoms with Gasteiger partial charge in [0.05, 0.1) is 6.04 Å². The van der Waals surface area contributed by atoms with Crippen molar-refractivity contribution in [2.75, 3.05) is 13.7 Å². The molecular formula is C12H20N2O2S. The maximum Gasteiger partial charge on any atom is 0.237 e. The van der Waals surface area contributed by atoms with Crippen LogP contribution in [0.4, 0.5) is 0 Å². The Morgan fingerprint density at radius 2 is 2.35 bits per heavy atom. The van der Waals surface area contributed by atoms with Crippen molar-refractivity contribution in [3.05, 3.63) is 21.9 Å². The first-order chi connectivity index (χ1) is 8.15. The molecule has 1 aromatic rings. The number of hydrogen-bond acceptors (Lipinski definition) is 4. The van der Waals surface area contributed by atoms with E-state index in [1.807, 2.05) is 12.3 Å². The minimum Gasteiger partial charge on any atom is -0.385 e. The maximum absolute atomic E-state index is 11.7. The molecular weight excluding hydrogens is 236 g/mol. The first-order valence-electron chi connectivity index (χ1n) is 5.69. The maximum atomic E-state index is 11.7. The second-order valence-corrected chi connectivity index (χ2v) is 4.78. The van der Waals surface area contributed by atoms with Crippen molar-refractivity contribution in [2.45, 2.75) is 32.4 Å². The molecule has 0 saturated carbocycles. The van der Waals surface area contributed by atoms with E-state index in [4.69, 9.17) is 10.5 Å². The smallest absolute Gasteiger partial charge is 0.237 e. The van der Waals surface area contributed by atoms with E-state index in [9.17, 15) is 4.79 Å². The Bertz CT molecular complexity index is 352. The highest BCUT2D eigenvalue weighted by Crippen LogP contribution is 2.13. The summed E-state index contributed by atoms with van der Waals surface area (Å²) in [5.41, 5.74) is 8.14. The van der Waals surface area contributed by atoms with E-state index in [0.717, 1.165) is 12.0 Å². The zero-order valence-corrected chi connectivity index (χ0v) is 11.2. The monoisotopic (exact) mass is 256 g/mol. The first kappa shape index (κ1) is 14.2. The second kappa shape index (κ2) is 7.42. The van der Waals surface area contributed by atoms with Gasteiger partial charge in [-0.25, -0.2) is 0 Å². The average Bonchev–Trinajstić information content (AvgIpc) is 2.72. The topological polar surface area (TPSA) is 64.3 Å². The van der Waals surface area contributed by atoms with Crippen molar-refractivity contribution in [2.24, 2.45) is 5.73 Å². The van der Waals surface area contributed by atoms with Gasteiger partial charge >= 0.3 is 0 Å². The Morgan fingerprint density at radius 3 is 2.94 bits per heavy atom. The second-order valence-electron chi connectivity index (χ2n) is 4.04. The highest BCUT2D eigenvalue weighted by atomic mass is 32.1. The van der Waals surface area contributed by atoms with Gasteiger partial charge < -0.3 is 15.8 Å². The van der Waals surface area contributed by atoms with Gasteiger partial charge in [0.2, 0.25) is 5.91 Å². The minimum absolute atomic E-state index is 0.0910. The Morgan fingerprint density at radius 1 is 1.59 bits per heavy atom. The standard InChI is InChI=1S/C12H20N2O2S/c1-9-7-17-8-10(9)6-14-12(15)11(13)4-3-5-16-2/h7-8,11H,3-6,13H2,1-2H3,(H,14,15). The Labute approximate surface area is 106 Å². The molecule has 5 heteroatoms. The zero-order valence-electron chi connectivity index (χ0n) is 10.4. The molecule has 1 rings (SSSR count). The number of carbonyl (C=O) groups excluding carboxylic acids is 1. The van der Waals surface area contributed by atoms with Gasteiger partial charge in [-0.2, -0.15) is 11.3 Å². The Kier molecular flexibility index (Phi) is 6.18. The summed E-state index contributed by atoms with van der Waals surface area (Å²) in [5.74, 6) is -0.0910. The third kappa shape index (κ3) is 4.85. The molecule has 0 aliphatic carbocycles. The molecule has 17 heavy (non-hydrogen) atoms. The normalized spacial score (nSPS) is 12.4. The number of rotatable bonds is 7. The van der Waals surface area contributed by atoms with Crippen LogP contribution < -0.4 is 11.1 Å². The van der Waals surface area contributed by atoms with Crippen LogP contribution in [0.3, 0.4) is 0 Å². The summed E-state index contributed by atoms with van der Waals surface area (Å²) in [7, 11) is 1.64. The van der Waals surface area contributed by atoms with E-state index in [2.05, 4.69) is 10.7 Å². The van der Waals surface area contributed by atoms with Crippen LogP contribution in [0.2, 0.25) is 0 Å². The lowest BCUT2D eigenvalue weighted by Crippen LogP contribution is -2.40. The van der Waals surface area contributed by atoms with Crippen LogP contribution in [0.1, 0.15) is 24.0 Å². The minimum atomic E-state index is -0.441. The third-order valence-electron chi connectivity index (χ3n) is 2.62. The van der Waals surface area contributed by atoms with Crippen molar-refractivity contribution in [3.63, 3.8) is 0 Å². The fourth-order valence-corrected chi connectivity index (χ4v) is 2.32. The van der Waals surface area contributed by atoms with Crippen LogP contribution in [0, 0.1) is 6.92 Å². The number of hydrogen-bond donors (Lipinski definition) is 2. The molecule has 1 aromatic heterocycles. The average molecular weight is 256 g/mol. The van der Waals surface area contributed by atoms with Crippen molar-refractivity contribution >= 4 is 17.2 Å². The molecule has 1 heterocycles. The number of nitrogens with two attached hydrogens (primary N) is 1. The van der Waals surface area contributed by atoms with Crippen LogP contribution in [0.5, 0.6) is 0 Å². The summed E-state index contributed by atoms with van der Waals surface area (Å²) in [6.45, 7) is 3.24. The van der Waals surface area contributed by atoms with E-state index in [-0.39, 0.29) is 5.91 Å². The molecule has 4 nitrogen and oxygen atoms in total. The van der Waals surface area contributed by atoms with Crippen LogP contribution in [0.25, 0.3) is 0 Å². The molecule has 96 valence electrons. The highest BCUT2D eigenvalue weighted by molar-refractivity contribution is 7.08. The number of thiophene rings is 1. The van der Waals surface area contributed by atoms with Crippen molar-refractivity contribution in [3.8, 4) is 0 Å². The largest absolute Gasteiger partial charge is 0.385 e. The quantitative estimate of drug-likeness (QED) is 0.725. The van der Waals surface area contributed by atoms with Crippen LogP contribution in [0.15, 0.2) is 10.8 Å². The van der Waals surface area contributed by atoms with Gasteiger partial charge in [0, 0.05) is 20.3 Å². The SMILES string of the molecule is COCCCC(N)C(=O)NCc1cscc1C. The Balaban J connectivity index is 2.27. The first-order valence-corrected chi connectivity index (χ1v) is 6.63. The summed E-state index contributed by atoms with van der Waals surface area (Å²) in [4.78, 5) is 11.7. The lowest BCUT2D eigenvalue weighted by atomic mass is 10.1. The molecule has 1 amide bonds. The van der Waals surface area contributed by atoms with Gasteiger partial charge in [-0.3, -0.25) is 4.79 Å². The summed E-state index contributed by atoms with van der Waals surface area (Å²) >= 11 is 1.64. The fourth-order valence-electron chi connectivity index (χ4n) is 1.46. The number of nitrogens with one attached hydrogen (secondary N) is 1. The molecule has 3 N–H and O–H groups in total. The number of amides is 1. The number of aryl methyl sites for hydroxylation is 1. The van der Waals surface area contributed by atoms with Crippen LogP contribution in [-0.2, 0) is 16.1 Å². The van der Waals surface area contributed by atoms with Crippen LogP contribution in [-0.4, -0.2) is 25.7 Å². The van der Waals surface area contributed by atoms with Crippen LogP contribution >= 0.6 is 11.3 Å². The summed E-state index contributed by atoms with van der Waals surface area (Å²) in [5, 5.41) is 6.97. The lowest BCUT2D eigenvalue weighted by Gasteiger charge is -2.11. The van der Waals surface area contributed by atoms with E-state index in [1.54, 1.807) is 18.4 Å². The molecule has 0 aliphatic heterocycles. The number of carbonyl (C=O) groups is 1. The van der Waals surface area contributed by atoms with E-state index >= 15 is 0 Å². The molecule has 0 radical (unpaired) electrons. The zero-order chi connectivity index (χ0) is 12.7. The molecule has 1 atom stereocenters. The molecule has 0 spiro atoms. The highest BCUT2D eigenvalue weighted by Gasteiger charge is 2.12.